The molecule has 9 heteroatoms. The number of hydrogen-bond acceptors (Lipinski definition) is 7. The van der Waals surface area contributed by atoms with Gasteiger partial charge in [-0.1, -0.05) is 36.6 Å². The predicted molar refractivity (Wildman–Crippen MR) is 146 cm³/mol. The molecule has 0 aromatic heterocycles. The van der Waals surface area contributed by atoms with E-state index < -0.39 is 28.9 Å². The van der Waals surface area contributed by atoms with Gasteiger partial charge in [-0.15, -0.1) is 0 Å². The molecule has 38 heavy (non-hydrogen) atoms. The zero-order chi connectivity index (χ0) is 28.2. The number of carbonyl (C=O) groups excluding carboxylic acids is 3. The minimum Gasteiger partial charge on any atom is -0.466 e. The van der Waals surface area contributed by atoms with Crippen molar-refractivity contribution in [2.24, 2.45) is 11.3 Å². The van der Waals surface area contributed by atoms with Crippen molar-refractivity contribution in [3.63, 3.8) is 0 Å². The Morgan fingerprint density at radius 2 is 1.76 bits per heavy atom. The highest BCUT2D eigenvalue weighted by atomic mass is 35.5. The van der Waals surface area contributed by atoms with Gasteiger partial charge in [0.05, 0.1) is 43.6 Å². The molecule has 1 saturated carbocycles. The van der Waals surface area contributed by atoms with Crippen LogP contribution in [0.1, 0.15) is 78.2 Å². The van der Waals surface area contributed by atoms with Crippen molar-refractivity contribution >= 4 is 29.4 Å². The molecule has 0 aliphatic heterocycles. The van der Waals surface area contributed by atoms with Crippen LogP contribution in [0.15, 0.2) is 24.3 Å². The van der Waals surface area contributed by atoms with Crippen LogP contribution >= 0.6 is 11.6 Å². The monoisotopic (exact) mass is 553 g/mol. The third-order valence-corrected chi connectivity index (χ3v) is 6.90. The lowest BCUT2D eigenvalue weighted by molar-refractivity contribution is -0.162. The third-order valence-electron chi connectivity index (χ3n) is 6.64. The number of carbonyl (C=O) groups is 3. The van der Waals surface area contributed by atoms with Crippen LogP contribution in [0.5, 0.6) is 0 Å². The van der Waals surface area contributed by atoms with Gasteiger partial charge in [-0.2, -0.15) is 0 Å². The SMILES string of the molecule is CCOC(=O)C[C@@H](COCc1ccc(Cl)cc1)NC(=O)C1(C[C@@H](CCOC)C(=O)OC(C)(C)C)CCCC1. The Morgan fingerprint density at radius 1 is 1.11 bits per heavy atom. The molecule has 1 amide bonds. The molecule has 2 atom stereocenters. The van der Waals surface area contributed by atoms with Crippen LogP contribution in [0.4, 0.5) is 0 Å². The highest BCUT2D eigenvalue weighted by molar-refractivity contribution is 6.30. The van der Waals surface area contributed by atoms with Crippen LogP contribution in [0.2, 0.25) is 5.02 Å². The van der Waals surface area contributed by atoms with E-state index in [0.717, 1.165) is 18.4 Å². The Balaban J connectivity index is 2.14. The fourth-order valence-electron chi connectivity index (χ4n) is 4.81. The maximum atomic E-state index is 13.8. The standard InChI is InChI=1S/C29H44ClNO7/c1-6-37-25(32)17-24(20-36-19-21-9-11-23(30)12-10-21)31-27(34)29(14-7-8-15-29)18-22(13-16-35-5)26(33)38-28(2,3)4/h9-12,22,24H,6-8,13-20H2,1-5H3,(H,31,34)/t22-,24+/m1/s1. The largest absolute Gasteiger partial charge is 0.466 e. The summed E-state index contributed by atoms with van der Waals surface area (Å²) in [5.74, 6) is -1.35. The van der Waals surface area contributed by atoms with E-state index in [9.17, 15) is 14.4 Å². The fourth-order valence-corrected chi connectivity index (χ4v) is 4.93. The second kappa shape index (κ2) is 15.4. The van der Waals surface area contributed by atoms with Crippen molar-refractivity contribution in [3.05, 3.63) is 34.9 Å². The lowest BCUT2D eigenvalue weighted by atomic mass is 9.75. The Kier molecular flexibility index (Phi) is 13.0. The van der Waals surface area contributed by atoms with Gasteiger partial charge in [-0.25, -0.2) is 0 Å². The van der Waals surface area contributed by atoms with Crippen molar-refractivity contribution in [3.8, 4) is 0 Å². The van der Waals surface area contributed by atoms with Crippen molar-refractivity contribution in [1.29, 1.82) is 0 Å². The number of methoxy groups -OCH3 is 1. The molecule has 2 rings (SSSR count). The summed E-state index contributed by atoms with van der Waals surface area (Å²) in [7, 11) is 1.59. The highest BCUT2D eigenvalue weighted by Crippen LogP contribution is 2.44. The van der Waals surface area contributed by atoms with Crippen LogP contribution < -0.4 is 5.32 Å². The number of rotatable bonds is 15. The van der Waals surface area contributed by atoms with Gasteiger partial charge < -0.3 is 24.3 Å². The maximum absolute atomic E-state index is 13.8. The first-order valence-electron chi connectivity index (χ1n) is 13.5. The molecule has 0 saturated heterocycles. The number of hydrogen-bond donors (Lipinski definition) is 1. The summed E-state index contributed by atoms with van der Waals surface area (Å²) in [6.07, 6.45) is 3.97. The van der Waals surface area contributed by atoms with Gasteiger partial charge in [-0.3, -0.25) is 14.4 Å². The Morgan fingerprint density at radius 3 is 2.34 bits per heavy atom. The third kappa shape index (κ3) is 10.9. The smallest absolute Gasteiger partial charge is 0.309 e. The summed E-state index contributed by atoms with van der Waals surface area (Å²) < 4.78 is 21.9. The van der Waals surface area contributed by atoms with E-state index in [1.807, 2.05) is 32.9 Å². The van der Waals surface area contributed by atoms with Crippen LogP contribution in [-0.4, -0.2) is 56.4 Å². The molecule has 1 N–H and O–H groups in total. The number of nitrogens with one attached hydrogen (secondary N) is 1. The van der Waals surface area contributed by atoms with Crippen molar-refractivity contribution in [2.75, 3.05) is 26.9 Å². The fraction of sp³-hybridized carbons (Fsp3) is 0.690. The Labute approximate surface area is 232 Å². The Bertz CT molecular complexity index is 891. The number of amides is 1. The van der Waals surface area contributed by atoms with Crippen LogP contribution in [-0.2, 0) is 39.9 Å². The predicted octanol–water partition coefficient (Wildman–Crippen LogP) is 5.24. The highest BCUT2D eigenvalue weighted by Gasteiger charge is 2.45. The molecule has 1 aliphatic rings. The summed E-state index contributed by atoms with van der Waals surface area (Å²) in [6, 6.07) is 6.74. The van der Waals surface area contributed by atoms with Gasteiger partial charge in [0.2, 0.25) is 5.91 Å². The van der Waals surface area contributed by atoms with Gasteiger partial charge in [0.15, 0.2) is 0 Å². The van der Waals surface area contributed by atoms with E-state index in [-0.39, 0.29) is 31.5 Å². The Hall–Kier alpha value is -2.16. The normalized spacial score (nSPS) is 16.5. The molecule has 0 radical (unpaired) electrons. The molecule has 0 unspecified atom stereocenters. The lowest BCUT2D eigenvalue weighted by Crippen LogP contribution is -2.48. The average Bonchev–Trinajstić information content (AvgIpc) is 3.32. The number of benzene rings is 1. The van der Waals surface area contributed by atoms with E-state index >= 15 is 0 Å². The molecule has 0 bridgehead atoms. The molecule has 1 aliphatic carbocycles. The molecule has 1 fully saturated rings. The number of halogens is 1. The number of ether oxygens (including phenoxy) is 4. The topological polar surface area (TPSA) is 100 Å². The lowest BCUT2D eigenvalue weighted by Gasteiger charge is -2.34. The van der Waals surface area contributed by atoms with E-state index in [1.54, 1.807) is 26.2 Å². The second-order valence-corrected chi connectivity index (χ2v) is 11.5. The summed E-state index contributed by atoms with van der Waals surface area (Å²) in [6.45, 7) is 8.35. The van der Waals surface area contributed by atoms with E-state index in [2.05, 4.69) is 5.32 Å². The van der Waals surface area contributed by atoms with Gasteiger partial charge in [0, 0.05) is 18.7 Å². The van der Waals surface area contributed by atoms with E-state index in [0.29, 0.717) is 43.9 Å². The van der Waals surface area contributed by atoms with Gasteiger partial charge in [0.1, 0.15) is 5.60 Å². The summed E-state index contributed by atoms with van der Waals surface area (Å²) in [4.78, 5) is 39.1. The molecule has 8 nitrogen and oxygen atoms in total. The summed E-state index contributed by atoms with van der Waals surface area (Å²) >= 11 is 5.95. The first-order chi connectivity index (χ1) is 18.0. The quantitative estimate of drug-likeness (QED) is 0.296. The van der Waals surface area contributed by atoms with Crippen molar-refractivity contribution in [2.45, 2.75) is 90.9 Å². The molecular formula is C29H44ClNO7. The van der Waals surface area contributed by atoms with Crippen LogP contribution in [0, 0.1) is 11.3 Å². The van der Waals surface area contributed by atoms with Gasteiger partial charge >= 0.3 is 11.9 Å². The minimum atomic E-state index is -0.724. The molecule has 0 heterocycles. The zero-order valence-corrected chi connectivity index (χ0v) is 24.2. The van der Waals surface area contributed by atoms with Gasteiger partial charge in [-0.05, 0) is 71.1 Å². The first-order valence-corrected chi connectivity index (χ1v) is 13.9. The average molecular weight is 554 g/mol. The van der Waals surface area contributed by atoms with E-state index in [1.165, 1.54) is 0 Å². The van der Waals surface area contributed by atoms with Crippen LogP contribution in [0.3, 0.4) is 0 Å². The minimum absolute atomic E-state index is 0.00452. The summed E-state index contributed by atoms with van der Waals surface area (Å²) in [5.41, 5.74) is -0.417. The summed E-state index contributed by atoms with van der Waals surface area (Å²) in [5, 5.41) is 3.70. The maximum Gasteiger partial charge on any atom is 0.309 e. The van der Waals surface area contributed by atoms with Crippen LogP contribution in [0.25, 0.3) is 0 Å². The molecule has 1 aromatic carbocycles. The van der Waals surface area contributed by atoms with E-state index in [4.69, 9.17) is 30.5 Å². The van der Waals surface area contributed by atoms with Crippen molar-refractivity contribution < 1.29 is 33.3 Å². The first kappa shape index (κ1) is 32.1. The molecule has 1 aromatic rings. The molecule has 214 valence electrons. The molecule has 0 spiro atoms. The molecular weight excluding hydrogens is 510 g/mol. The van der Waals surface area contributed by atoms with Crippen molar-refractivity contribution in [1.82, 2.24) is 5.32 Å². The number of esters is 2. The zero-order valence-electron chi connectivity index (χ0n) is 23.5. The van der Waals surface area contributed by atoms with Gasteiger partial charge in [0.25, 0.3) is 0 Å². The second-order valence-electron chi connectivity index (χ2n) is 11.0.